The van der Waals surface area contributed by atoms with Gasteiger partial charge in [0.05, 0.1) is 23.8 Å². The van der Waals surface area contributed by atoms with Gasteiger partial charge in [-0.25, -0.2) is 4.79 Å². The van der Waals surface area contributed by atoms with Crippen LogP contribution < -0.4 is 9.47 Å². The smallest absolute Gasteiger partial charge is 0.335 e. The average Bonchev–Trinajstić information content (AvgIpc) is 2.35. The molecule has 0 radical (unpaired) electrons. The van der Waals surface area contributed by atoms with Crippen LogP contribution in [-0.2, 0) is 0 Å². The molecular formula is C13H17BrO4. The molecule has 18 heavy (non-hydrogen) atoms. The molecule has 0 saturated carbocycles. The average molecular weight is 317 g/mol. The molecule has 1 rings (SSSR count). The summed E-state index contributed by atoms with van der Waals surface area (Å²) in [6, 6.07) is 2.97. The van der Waals surface area contributed by atoms with Crippen LogP contribution in [-0.4, -0.2) is 24.8 Å². The van der Waals surface area contributed by atoms with Crippen molar-refractivity contribution < 1.29 is 19.4 Å². The molecule has 0 amide bonds. The lowest BCUT2D eigenvalue weighted by atomic mass is 10.1. The minimum atomic E-state index is -0.998. The van der Waals surface area contributed by atoms with Gasteiger partial charge in [0.15, 0.2) is 11.5 Å². The maximum absolute atomic E-state index is 10.9. The molecule has 0 aliphatic heterocycles. The number of ether oxygens (including phenoxy) is 2. The van der Waals surface area contributed by atoms with Crippen molar-refractivity contribution in [1.29, 1.82) is 0 Å². The molecule has 0 aromatic heterocycles. The number of hydrogen-bond acceptors (Lipinski definition) is 3. The molecule has 0 bridgehead atoms. The van der Waals surface area contributed by atoms with Crippen molar-refractivity contribution in [3.05, 3.63) is 22.2 Å². The van der Waals surface area contributed by atoms with E-state index in [0.29, 0.717) is 28.5 Å². The maximum atomic E-state index is 10.9. The fraction of sp³-hybridized carbons (Fsp3) is 0.462. The van der Waals surface area contributed by atoms with Crippen LogP contribution in [0.3, 0.4) is 0 Å². The fourth-order valence-corrected chi connectivity index (χ4v) is 1.88. The second-order valence-corrected chi connectivity index (χ2v) is 4.97. The van der Waals surface area contributed by atoms with E-state index in [9.17, 15) is 4.79 Å². The van der Waals surface area contributed by atoms with Gasteiger partial charge in [-0.05, 0) is 34.0 Å². The van der Waals surface area contributed by atoms with Gasteiger partial charge in [0, 0.05) is 0 Å². The summed E-state index contributed by atoms with van der Waals surface area (Å²) < 4.78 is 11.4. The SMILES string of the molecule is CCC(C)COc1c(Br)cc(C(=O)O)cc1OC. The zero-order valence-electron chi connectivity index (χ0n) is 10.7. The fourth-order valence-electron chi connectivity index (χ4n) is 1.33. The lowest BCUT2D eigenvalue weighted by molar-refractivity contribution is 0.0696. The lowest BCUT2D eigenvalue weighted by Crippen LogP contribution is -2.09. The van der Waals surface area contributed by atoms with Gasteiger partial charge in [0.2, 0.25) is 0 Å². The first kappa shape index (κ1) is 14.8. The van der Waals surface area contributed by atoms with E-state index in [1.165, 1.54) is 19.2 Å². The summed E-state index contributed by atoms with van der Waals surface area (Å²) in [5.41, 5.74) is 0.162. The Morgan fingerprint density at radius 1 is 1.50 bits per heavy atom. The number of rotatable bonds is 6. The molecule has 0 aliphatic rings. The van der Waals surface area contributed by atoms with Crippen LogP contribution in [0.5, 0.6) is 11.5 Å². The highest BCUT2D eigenvalue weighted by Crippen LogP contribution is 2.37. The van der Waals surface area contributed by atoms with Crippen LogP contribution in [0.1, 0.15) is 30.6 Å². The Hall–Kier alpha value is -1.23. The highest BCUT2D eigenvalue weighted by molar-refractivity contribution is 9.10. The number of benzene rings is 1. The van der Waals surface area contributed by atoms with Crippen molar-refractivity contribution in [2.45, 2.75) is 20.3 Å². The van der Waals surface area contributed by atoms with E-state index in [1.807, 2.05) is 0 Å². The minimum Gasteiger partial charge on any atom is -0.493 e. The topological polar surface area (TPSA) is 55.8 Å². The summed E-state index contributed by atoms with van der Waals surface area (Å²) in [5.74, 6) is 0.399. The van der Waals surface area contributed by atoms with Crippen molar-refractivity contribution in [1.82, 2.24) is 0 Å². The quantitative estimate of drug-likeness (QED) is 0.871. The molecule has 0 aliphatic carbocycles. The largest absolute Gasteiger partial charge is 0.493 e. The van der Waals surface area contributed by atoms with E-state index >= 15 is 0 Å². The van der Waals surface area contributed by atoms with E-state index in [-0.39, 0.29) is 5.56 Å². The summed E-state index contributed by atoms with van der Waals surface area (Å²) in [4.78, 5) is 10.9. The molecule has 1 aromatic rings. The standard InChI is InChI=1S/C13H17BrO4/c1-4-8(2)7-18-12-10(14)5-9(13(15)16)6-11(12)17-3/h5-6,8H,4,7H2,1-3H3,(H,15,16). The number of halogens is 1. The van der Waals surface area contributed by atoms with Gasteiger partial charge in [-0.2, -0.15) is 0 Å². The van der Waals surface area contributed by atoms with E-state index in [4.69, 9.17) is 14.6 Å². The molecule has 1 atom stereocenters. The van der Waals surface area contributed by atoms with Gasteiger partial charge in [-0.15, -0.1) is 0 Å². The maximum Gasteiger partial charge on any atom is 0.335 e. The molecule has 1 unspecified atom stereocenters. The molecule has 0 saturated heterocycles. The zero-order chi connectivity index (χ0) is 13.7. The number of hydrogen-bond donors (Lipinski definition) is 1. The number of carboxylic acid groups (broad SMARTS) is 1. The molecule has 0 spiro atoms. The van der Waals surface area contributed by atoms with Gasteiger partial charge in [0.25, 0.3) is 0 Å². The predicted octanol–water partition coefficient (Wildman–Crippen LogP) is 3.58. The van der Waals surface area contributed by atoms with Crippen LogP contribution in [0.25, 0.3) is 0 Å². The number of carboxylic acids is 1. The van der Waals surface area contributed by atoms with Crippen molar-refractivity contribution >= 4 is 21.9 Å². The van der Waals surface area contributed by atoms with Gasteiger partial charge in [0.1, 0.15) is 0 Å². The lowest BCUT2D eigenvalue weighted by Gasteiger charge is -2.15. The van der Waals surface area contributed by atoms with Crippen LogP contribution >= 0.6 is 15.9 Å². The van der Waals surface area contributed by atoms with E-state index in [2.05, 4.69) is 29.8 Å². The van der Waals surface area contributed by atoms with Gasteiger partial charge >= 0.3 is 5.97 Å². The van der Waals surface area contributed by atoms with Crippen molar-refractivity contribution in [2.75, 3.05) is 13.7 Å². The van der Waals surface area contributed by atoms with Gasteiger partial charge in [-0.1, -0.05) is 20.3 Å². The number of carbonyl (C=O) groups is 1. The summed E-state index contributed by atoms with van der Waals surface area (Å²) in [7, 11) is 1.49. The van der Waals surface area contributed by atoms with Crippen LogP contribution in [0.2, 0.25) is 0 Å². The molecule has 5 heteroatoms. The minimum absolute atomic E-state index is 0.162. The van der Waals surface area contributed by atoms with Crippen LogP contribution in [0, 0.1) is 5.92 Å². The first-order chi connectivity index (χ1) is 8.49. The second kappa shape index (κ2) is 6.64. The Morgan fingerprint density at radius 2 is 2.17 bits per heavy atom. The van der Waals surface area contributed by atoms with E-state index in [1.54, 1.807) is 0 Å². The first-order valence-corrected chi connectivity index (χ1v) is 6.52. The highest BCUT2D eigenvalue weighted by Gasteiger charge is 2.15. The first-order valence-electron chi connectivity index (χ1n) is 5.73. The summed E-state index contributed by atoms with van der Waals surface area (Å²) in [6.07, 6.45) is 1.02. The molecule has 0 heterocycles. The Morgan fingerprint density at radius 3 is 2.67 bits per heavy atom. The molecule has 1 aromatic carbocycles. The van der Waals surface area contributed by atoms with Crippen molar-refractivity contribution in [3.8, 4) is 11.5 Å². The van der Waals surface area contributed by atoms with Gasteiger partial charge < -0.3 is 14.6 Å². The Balaban J connectivity index is 3.00. The zero-order valence-corrected chi connectivity index (χ0v) is 12.3. The summed E-state index contributed by atoms with van der Waals surface area (Å²) in [5, 5.41) is 8.96. The summed E-state index contributed by atoms with van der Waals surface area (Å²) in [6.45, 7) is 4.75. The van der Waals surface area contributed by atoms with Crippen LogP contribution in [0.4, 0.5) is 0 Å². The molecular weight excluding hydrogens is 300 g/mol. The molecule has 4 nitrogen and oxygen atoms in total. The normalized spacial score (nSPS) is 12.0. The third-order valence-corrected chi connectivity index (χ3v) is 3.27. The Bertz CT molecular complexity index is 431. The van der Waals surface area contributed by atoms with Gasteiger partial charge in [-0.3, -0.25) is 0 Å². The predicted molar refractivity (Wildman–Crippen MR) is 72.6 cm³/mol. The molecule has 100 valence electrons. The van der Waals surface area contributed by atoms with E-state index in [0.717, 1.165) is 6.42 Å². The van der Waals surface area contributed by atoms with Crippen LogP contribution in [0.15, 0.2) is 16.6 Å². The highest BCUT2D eigenvalue weighted by atomic mass is 79.9. The number of methoxy groups -OCH3 is 1. The molecule has 0 fully saturated rings. The summed E-state index contributed by atoms with van der Waals surface area (Å²) >= 11 is 3.31. The Kier molecular flexibility index (Phi) is 5.47. The van der Waals surface area contributed by atoms with Crippen molar-refractivity contribution in [3.63, 3.8) is 0 Å². The second-order valence-electron chi connectivity index (χ2n) is 4.12. The third kappa shape index (κ3) is 3.63. The van der Waals surface area contributed by atoms with E-state index < -0.39 is 5.97 Å². The monoisotopic (exact) mass is 316 g/mol. The Labute approximate surface area is 115 Å². The van der Waals surface area contributed by atoms with Crippen molar-refractivity contribution in [2.24, 2.45) is 5.92 Å². The molecule has 1 N–H and O–H groups in total. The number of aromatic carboxylic acids is 1. The third-order valence-electron chi connectivity index (χ3n) is 2.69.